The zero-order chi connectivity index (χ0) is 22.5. The third-order valence-electron chi connectivity index (χ3n) is 4.51. The fraction of sp³-hybridized carbons (Fsp3) is 0.0417. The second-order valence-corrected chi connectivity index (χ2v) is 7.11. The molecule has 0 radical (unpaired) electrons. The van der Waals surface area contributed by atoms with Gasteiger partial charge in [0.1, 0.15) is 17.3 Å². The molecule has 32 heavy (non-hydrogen) atoms. The van der Waals surface area contributed by atoms with Gasteiger partial charge in [0.2, 0.25) is 0 Å². The molecule has 1 aromatic heterocycles. The molecule has 0 unspecified atom stereocenters. The average molecular weight is 450 g/mol. The van der Waals surface area contributed by atoms with Gasteiger partial charge in [-0.15, -0.1) is 0 Å². The van der Waals surface area contributed by atoms with E-state index < -0.39 is 5.82 Å². The van der Waals surface area contributed by atoms with Crippen LogP contribution in [-0.4, -0.2) is 23.0 Å². The van der Waals surface area contributed by atoms with Gasteiger partial charge in [0.05, 0.1) is 12.1 Å². The number of rotatable bonds is 6. The van der Waals surface area contributed by atoms with Crippen LogP contribution in [0, 0.1) is 5.82 Å². The van der Waals surface area contributed by atoms with E-state index in [1.54, 1.807) is 55.9 Å². The molecule has 1 N–H and O–H groups in total. The normalized spacial score (nSPS) is 10.5. The smallest absolute Gasteiger partial charge is 0.321 e. The summed E-state index contributed by atoms with van der Waals surface area (Å²) in [6.07, 6.45) is 3.22. The van der Waals surface area contributed by atoms with Gasteiger partial charge in [-0.1, -0.05) is 29.8 Å². The maximum Gasteiger partial charge on any atom is 0.321 e. The Morgan fingerprint density at radius 3 is 2.44 bits per heavy atom. The number of hydrogen-bond donors (Lipinski definition) is 1. The lowest BCUT2D eigenvalue weighted by atomic mass is 10.1. The van der Waals surface area contributed by atoms with Crippen molar-refractivity contribution in [3.63, 3.8) is 0 Å². The van der Waals surface area contributed by atoms with Crippen LogP contribution in [0.2, 0.25) is 5.02 Å². The molecule has 0 atom stereocenters. The first kappa shape index (κ1) is 21.3. The standard InChI is InChI=1S/C24H17ClFN3O3/c1-31-19-6-3-7-20(12-19)32-24-27-13-17(14-28-24)15-4-2-5-16(10-15)23(30)29-18-8-9-22(26)21(25)11-18/h2-14H,1H3,(H,29,30). The van der Waals surface area contributed by atoms with Gasteiger partial charge in [-0.3, -0.25) is 4.79 Å². The quantitative estimate of drug-likeness (QED) is 0.391. The Kier molecular flexibility index (Phi) is 6.28. The van der Waals surface area contributed by atoms with Crippen LogP contribution in [0.5, 0.6) is 17.5 Å². The number of halogens is 2. The minimum atomic E-state index is -0.550. The van der Waals surface area contributed by atoms with Crippen molar-refractivity contribution in [3.8, 4) is 28.6 Å². The summed E-state index contributed by atoms with van der Waals surface area (Å²) in [5.41, 5.74) is 2.28. The second kappa shape index (κ2) is 9.45. The van der Waals surface area contributed by atoms with E-state index in [2.05, 4.69) is 15.3 Å². The van der Waals surface area contributed by atoms with E-state index in [1.807, 2.05) is 12.1 Å². The summed E-state index contributed by atoms with van der Waals surface area (Å²) in [5.74, 6) is 0.313. The van der Waals surface area contributed by atoms with Gasteiger partial charge in [0.25, 0.3) is 5.91 Å². The molecule has 0 saturated carbocycles. The highest BCUT2D eigenvalue weighted by molar-refractivity contribution is 6.31. The number of aromatic nitrogens is 2. The summed E-state index contributed by atoms with van der Waals surface area (Å²) >= 11 is 5.77. The lowest BCUT2D eigenvalue weighted by molar-refractivity contribution is 0.102. The zero-order valence-electron chi connectivity index (χ0n) is 16.9. The largest absolute Gasteiger partial charge is 0.497 e. The lowest BCUT2D eigenvalue weighted by Crippen LogP contribution is -2.12. The molecule has 4 rings (SSSR count). The zero-order valence-corrected chi connectivity index (χ0v) is 17.6. The Bertz CT molecular complexity index is 1270. The molecular formula is C24H17ClFN3O3. The monoisotopic (exact) mass is 449 g/mol. The highest BCUT2D eigenvalue weighted by Crippen LogP contribution is 2.25. The number of carbonyl (C=O) groups excluding carboxylic acids is 1. The van der Waals surface area contributed by atoms with Crippen LogP contribution in [0.1, 0.15) is 10.4 Å². The van der Waals surface area contributed by atoms with Crippen LogP contribution in [0.25, 0.3) is 11.1 Å². The van der Waals surface area contributed by atoms with E-state index in [4.69, 9.17) is 21.1 Å². The van der Waals surface area contributed by atoms with Crippen molar-refractivity contribution in [1.82, 2.24) is 9.97 Å². The molecule has 1 amide bonds. The Labute approximate surface area is 188 Å². The molecule has 0 aliphatic rings. The van der Waals surface area contributed by atoms with Gasteiger partial charge in [-0.05, 0) is 48.0 Å². The van der Waals surface area contributed by atoms with Gasteiger partial charge in [0, 0.05) is 35.3 Å². The molecule has 0 bridgehead atoms. The Balaban J connectivity index is 1.48. The molecule has 6 nitrogen and oxygen atoms in total. The van der Waals surface area contributed by atoms with E-state index in [-0.39, 0.29) is 16.9 Å². The molecule has 3 aromatic carbocycles. The molecule has 0 saturated heterocycles. The summed E-state index contributed by atoms with van der Waals surface area (Å²) in [4.78, 5) is 21.1. The number of anilines is 1. The van der Waals surface area contributed by atoms with Crippen LogP contribution in [-0.2, 0) is 0 Å². The van der Waals surface area contributed by atoms with Crippen LogP contribution in [0.4, 0.5) is 10.1 Å². The van der Waals surface area contributed by atoms with E-state index in [0.717, 1.165) is 5.56 Å². The predicted molar refractivity (Wildman–Crippen MR) is 120 cm³/mol. The molecule has 0 fully saturated rings. The van der Waals surface area contributed by atoms with Gasteiger partial charge in [-0.2, -0.15) is 0 Å². The number of amides is 1. The predicted octanol–water partition coefficient (Wildman–Crippen LogP) is 5.99. The number of carbonyl (C=O) groups is 1. The van der Waals surface area contributed by atoms with Crippen LogP contribution < -0.4 is 14.8 Å². The maximum atomic E-state index is 13.3. The van der Waals surface area contributed by atoms with Crippen molar-refractivity contribution in [2.24, 2.45) is 0 Å². The molecule has 8 heteroatoms. The number of methoxy groups -OCH3 is 1. The fourth-order valence-electron chi connectivity index (χ4n) is 2.91. The molecule has 0 aliphatic carbocycles. The summed E-state index contributed by atoms with van der Waals surface area (Å²) in [7, 11) is 1.58. The summed E-state index contributed by atoms with van der Waals surface area (Å²) in [6.45, 7) is 0. The van der Waals surface area contributed by atoms with Crippen molar-refractivity contribution < 1.29 is 18.7 Å². The van der Waals surface area contributed by atoms with E-state index in [9.17, 15) is 9.18 Å². The number of hydrogen-bond acceptors (Lipinski definition) is 5. The number of benzene rings is 3. The van der Waals surface area contributed by atoms with Gasteiger partial charge in [0.15, 0.2) is 0 Å². The number of nitrogens with one attached hydrogen (secondary N) is 1. The van der Waals surface area contributed by atoms with E-state index in [0.29, 0.717) is 28.3 Å². The van der Waals surface area contributed by atoms with Gasteiger partial charge in [-0.25, -0.2) is 14.4 Å². The summed E-state index contributed by atoms with van der Waals surface area (Å²) in [5, 5.41) is 2.63. The number of nitrogens with zero attached hydrogens (tertiary/aromatic N) is 2. The van der Waals surface area contributed by atoms with E-state index >= 15 is 0 Å². The Morgan fingerprint density at radius 2 is 1.69 bits per heavy atom. The van der Waals surface area contributed by atoms with Gasteiger partial charge >= 0.3 is 6.01 Å². The fourth-order valence-corrected chi connectivity index (χ4v) is 3.09. The van der Waals surface area contributed by atoms with E-state index in [1.165, 1.54) is 18.2 Å². The van der Waals surface area contributed by atoms with Crippen LogP contribution in [0.3, 0.4) is 0 Å². The first-order chi connectivity index (χ1) is 15.5. The first-order valence-corrected chi connectivity index (χ1v) is 9.90. The minimum absolute atomic E-state index is 0.0649. The lowest BCUT2D eigenvalue weighted by Gasteiger charge is -2.09. The molecule has 1 heterocycles. The highest BCUT2D eigenvalue weighted by Gasteiger charge is 2.10. The van der Waals surface area contributed by atoms with Crippen LogP contribution >= 0.6 is 11.6 Å². The average Bonchev–Trinajstić information content (AvgIpc) is 2.82. The third-order valence-corrected chi connectivity index (χ3v) is 4.80. The Morgan fingerprint density at radius 1 is 0.938 bits per heavy atom. The first-order valence-electron chi connectivity index (χ1n) is 9.52. The molecule has 160 valence electrons. The molecule has 0 spiro atoms. The van der Waals surface area contributed by atoms with Crippen molar-refractivity contribution in [2.75, 3.05) is 12.4 Å². The molecule has 0 aliphatic heterocycles. The van der Waals surface area contributed by atoms with Crippen molar-refractivity contribution in [2.45, 2.75) is 0 Å². The van der Waals surface area contributed by atoms with Crippen molar-refractivity contribution >= 4 is 23.2 Å². The SMILES string of the molecule is COc1cccc(Oc2ncc(-c3cccc(C(=O)Nc4ccc(F)c(Cl)c4)c3)cn2)c1. The highest BCUT2D eigenvalue weighted by atomic mass is 35.5. The Hall–Kier alpha value is -3.97. The summed E-state index contributed by atoms with van der Waals surface area (Å²) in [6, 6.07) is 18.3. The molecule has 4 aromatic rings. The topological polar surface area (TPSA) is 73.3 Å². The van der Waals surface area contributed by atoms with Crippen molar-refractivity contribution in [1.29, 1.82) is 0 Å². The minimum Gasteiger partial charge on any atom is -0.497 e. The molecular weight excluding hydrogens is 433 g/mol. The third kappa shape index (κ3) is 5.01. The maximum absolute atomic E-state index is 13.3. The van der Waals surface area contributed by atoms with Gasteiger partial charge < -0.3 is 14.8 Å². The van der Waals surface area contributed by atoms with Crippen LogP contribution in [0.15, 0.2) is 79.1 Å². The number of ether oxygens (including phenoxy) is 2. The van der Waals surface area contributed by atoms with Crippen molar-refractivity contribution in [3.05, 3.63) is 95.5 Å². The second-order valence-electron chi connectivity index (χ2n) is 6.70. The summed E-state index contributed by atoms with van der Waals surface area (Å²) < 4.78 is 24.1.